The fourth-order valence-electron chi connectivity index (χ4n) is 3.32. The number of hydrogen-bond acceptors (Lipinski definition) is 4. The summed E-state index contributed by atoms with van der Waals surface area (Å²) >= 11 is 0. The maximum absolute atomic E-state index is 5.77. The smallest absolute Gasteiger partial charge is 0.191 e. The van der Waals surface area contributed by atoms with Gasteiger partial charge in [-0.25, -0.2) is 0 Å². The van der Waals surface area contributed by atoms with Crippen LogP contribution in [-0.2, 0) is 11.3 Å². The largest absolute Gasteiger partial charge is 0.496 e. The highest BCUT2D eigenvalue weighted by Crippen LogP contribution is 2.17. The molecule has 1 aliphatic heterocycles. The van der Waals surface area contributed by atoms with Crippen molar-refractivity contribution in [1.29, 1.82) is 0 Å². The molecule has 6 heteroatoms. The van der Waals surface area contributed by atoms with Crippen LogP contribution in [0.15, 0.2) is 29.3 Å². The monoisotopic (exact) mass is 376 g/mol. The van der Waals surface area contributed by atoms with Crippen LogP contribution in [0.25, 0.3) is 0 Å². The number of nitrogens with one attached hydrogen (secondary N) is 2. The fourth-order valence-corrected chi connectivity index (χ4v) is 3.32. The van der Waals surface area contributed by atoms with Crippen molar-refractivity contribution >= 4 is 5.96 Å². The molecule has 1 aliphatic rings. The second-order valence-corrected chi connectivity index (χ2v) is 6.98. The van der Waals surface area contributed by atoms with Gasteiger partial charge < -0.3 is 25.0 Å². The molecule has 0 aromatic heterocycles. The van der Waals surface area contributed by atoms with Gasteiger partial charge >= 0.3 is 0 Å². The van der Waals surface area contributed by atoms with E-state index < -0.39 is 0 Å². The van der Waals surface area contributed by atoms with E-state index in [4.69, 9.17) is 9.47 Å². The Morgan fingerprint density at radius 1 is 1.26 bits per heavy atom. The van der Waals surface area contributed by atoms with Crippen LogP contribution >= 0.6 is 0 Å². The van der Waals surface area contributed by atoms with E-state index in [-0.39, 0.29) is 0 Å². The van der Waals surface area contributed by atoms with E-state index in [2.05, 4.69) is 27.4 Å². The number of ether oxygens (including phenoxy) is 2. The third-order valence-electron chi connectivity index (χ3n) is 4.97. The summed E-state index contributed by atoms with van der Waals surface area (Å²) in [6, 6.07) is 8.45. The quantitative estimate of drug-likeness (QED) is 0.373. The summed E-state index contributed by atoms with van der Waals surface area (Å²) in [5.74, 6) is 1.73. The maximum atomic E-state index is 5.77. The Balaban J connectivity index is 1.61. The SMILES string of the molecule is CCCCN1CCC(NC(=NC)NCCOCc2ccccc2OC)CC1. The van der Waals surface area contributed by atoms with Crippen molar-refractivity contribution < 1.29 is 9.47 Å². The van der Waals surface area contributed by atoms with Crippen LogP contribution in [-0.4, -0.2) is 63.8 Å². The summed E-state index contributed by atoms with van der Waals surface area (Å²) < 4.78 is 11.1. The Hall–Kier alpha value is -1.79. The number of rotatable bonds is 10. The molecule has 0 unspecified atom stereocenters. The maximum Gasteiger partial charge on any atom is 0.191 e. The molecule has 0 atom stereocenters. The number of benzene rings is 1. The van der Waals surface area contributed by atoms with Crippen LogP contribution < -0.4 is 15.4 Å². The Morgan fingerprint density at radius 2 is 2.04 bits per heavy atom. The number of methoxy groups -OCH3 is 1. The van der Waals surface area contributed by atoms with E-state index >= 15 is 0 Å². The van der Waals surface area contributed by atoms with Gasteiger partial charge in [0.2, 0.25) is 0 Å². The Labute approximate surface area is 164 Å². The molecule has 0 aliphatic carbocycles. The highest BCUT2D eigenvalue weighted by Gasteiger charge is 2.19. The minimum Gasteiger partial charge on any atom is -0.496 e. The van der Waals surface area contributed by atoms with Gasteiger partial charge in [0.05, 0.1) is 20.3 Å². The molecule has 0 bridgehead atoms. The molecular weight excluding hydrogens is 340 g/mol. The van der Waals surface area contributed by atoms with Gasteiger partial charge in [-0.1, -0.05) is 31.5 Å². The molecule has 2 N–H and O–H groups in total. The van der Waals surface area contributed by atoms with E-state index in [1.54, 1.807) is 7.11 Å². The lowest BCUT2D eigenvalue weighted by Crippen LogP contribution is -2.49. The first-order chi connectivity index (χ1) is 13.3. The lowest BCUT2D eigenvalue weighted by Gasteiger charge is -2.33. The third-order valence-corrected chi connectivity index (χ3v) is 4.97. The van der Waals surface area contributed by atoms with Gasteiger partial charge in [0, 0.05) is 38.3 Å². The molecule has 0 spiro atoms. The topological polar surface area (TPSA) is 58.1 Å². The zero-order valence-corrected chi connectivity index (χ0v) is 17.2. The number of hydrogen-bond donors (Lipinski definition) is 2. The number of para-hydroxylation sites is 1. The van der Waals surface area contributed by atoms with Crippen molar-refractivity contribution in [2.45, 2.75) is 45.3 Å². The van der Waals surface area contributed by atoms with Crippen molar-refractivity contribution in [3.05, 3.63) is 29.8 Å². The summed E-state index contributed by atoms with van der Waals surface area (Å²) in [7, 11) is 3.51. The van der Waals surface area contributed by atoms with Gasteiger partial charge in [-0.05, 0) is 31.9 Å². The Morgan fingerprint density at radius 3 is 2.74 bits per heavy atom. The zero-order chi connectivity index (χ0) is 19.3. The molecule has 6 nitrogen and oxygen atoms in total. The molecule has 1 saturated heterocycles. The van der Waals surface area contributed by atoms with E-state index in [9.17, 15) is 0 Å². The molecule has 1 fully saturated rings. The number of unbranched alkanes of at least 4 members (excludes halogenated alkanes) is 1. The first-order valence-electron chi connectivity index (χ1n) is 10.2. The van der Waals surface area contributed by atoms with Crippen LogP contribution in [0.5, 0.6) is 5.75 Å². The van der Waals surface area contributed by atoms with E-state index in [0.29, 0.717) is 19.3 Å². The minimum atomic E-state index is 0.503. The number of aliphatic imine (C=N–C) groups is 1. The molecule has 0 radical (unpaired) electrons. The molecule has 0 amide bonds. The summed E-state index contributed by atoms with van der Waals surface area (Å²) in [6.45, 7) is 7.74. The predicted octanol–water partition coefficient (Wildman–Crippen LogP) is 2.64. The van der Waals surface area contributed by atoms with Crippen LogP contribution in [0.2, 0.25) is 0 Å². The Kier molecular flexibility index (Phi) is 10.0. The van der Waals surface area contributed by atoms with Crippen molar-refractivity contribution in [2.24, 2.45) is 4.99 Å². The first-order valence-corrected chi connectivity index (χ1v) is 10.2. The molecule has 27 heavy (non-hydrogen) atoms. The van der Waals surface area contributed by atoms with E-state index in [1.807, 2.05) is 31.3 Å². The number of nitrogens with zero attached hydrogens (tertiary/aromatic N) is 2. The van der Waals surface area contributed by atoms with Crippen molar-refractivity contribution in [3.8, 4) is 5.75 Å². The molecular formula is C21H36N4O2. The van der Waals surface area contributed by atoms with Gasteiger partial charge in [0.25, 0.3) is 0 Å². The molecule has 1 aromatic carbocycles. The predicted molar refractivity (Wildman–Crippen MR) is 112 cm³/mol. The van der Waals surface area contributed by atoms with E-state index in [1.165, 1.54) is 45.3 Å². The number of guanidine groups is 1. The highest BCUT2D eigenvalue weighted by atomic mass is 16.5. The van der Waals surface area contributed by atoms with E-state index in [0.717, 1.165) is 23.8 Å². The second kappa shape index (κ2) is 12.6. The van der Waals surface area contributed by atoms with Crippen molar-refractivity contribution in [2.75, 3.05) is 46.9 Å². The van der Waals surface area contributed by atoms with Crippen LogP contribution in [0.3, 0.4) is 0 Å². The average molecular weight is 377 g/mol. The van der Waals surface area contributed by atoms with Gasteiger partial charge in [0.1, 0.15) is 5.75 Å². The van der Waals surface area contributed by atoms with Gasteiger partial charge in [-0.15, -0.1) is 0 Å². The third kappa shape index (κ3) is 7.77. The Bertz CT molecular complexity index is 557. The standard InChI is InChI=1S/C21H36N4O2/c1-4-5-13-25-14-10-19(11-15-25)24-21(22-2)23-12-16-27-17-18-8-6-7-9-20(18)26-3/h6-9,19H,4-5,10-17H2,1-3H3,(H2,22,23,24). The average Bonchev–Trinajstić information content (AvgIpc) is 2.72. The summed E-state index contributed by atoms with van der Waals surface area (Å²) in [5, 5.41) is 6.89. The second-order valence-electron chi connectivity index (χ2n) is 6.98. The fraction of sp³-hybridized carbons (Fsp3) is 0.667. The minimum absolute atomic E-state index is 0.503. The zero-order valence-electron chi connectivity index (χ0n) is 17.2. The van der Waals surface area contributed by atoms with Gasteiger partial charge in [0.15, 0.2) is 5.96 Å². The summed E-state index contributed by atoms with van der Waals surface area (Å²) in [4.78, 5) is 6.91. The first kappa shape index (κ1) is 21.5. The molecule has 1 heterocycles. The lowest BCUT2D eigenvalue weighted by atomic mass is 10.0. The highest BCUT2D eigenvalue weighted by molar-refractivity contribution is 5.79. The molecule has 152 valence electrons. The van der Waals surface area contributed by atoms with Crippen LogP contribution in [0, 0.1) is 0 Å². The van der Waals surface area contributed by atoms with Gasteiger partial charge in [-0.3, -0.25) is 4.99 Å². The van der Waals surface area contributed by atoms with Crippen LogP contribution in [0.4, 0.5) is 0 Å². The molecule has 2 rings (SSSR count). The summed E-state index contributed by atoms with van der Waals surface area (Å²) in [5.41, 5.74) is 1.07. The lowest BCUT2D eigenvalue weighted by molar-refractivity contribution is 0.123. The number of likely N-dealkylation sites (tertiary alicyclic amines) is 1. The normalized spacial score (nSPS) is 16.3. The van der Waals surface area contributed by atoms with Crippen molar-refractivity contribution in [1.82, 2.24) is 15.5 Å². The van der Waals surface area contributed by atoms with Crippen molar-refractivity contribution in [3.63, 3.8) is 0 Å². The molecule has 1 aromatic rings. The van der Waals surface area contributed by atoms with Crippen LogP contribution in [0.1, 0.15) is 38.2 Å². The molecule has 0 saturated carbocycles. The summed E-state index contributed by atoms with van der Waals surface area (Å²) in [6.07, 6.45) is 4.92. The van der Waals surface area contributed by atoms with Gasteiger partial charge in [-0.2, -0.15) is 0 Å². The number of piperidine rings is 1.